The summed E-state index contributed by atoms with van der Waals surface area (Å²) in [5.41, 5.74) is 3.07. The molecule has 26 heavy (non-hydrogen) atoms. The molecule has 1 aliphatic heterocycles. The fraction of sp³-hybridized carbons (Fsp3) is 0.350. The van der Waals surface area contributed by atoms with Gasteiger partial charge in [-0.25, -0.2) is 4.79 Å². The standard InChI is InChI=1S/C20H24N2O4/c1-22(12-16-11-14-7-4-5-8-15(14)13-26-16)20(23)21-17-9-6-10-18(24-2)19(17)25-3/h4-10,16H,11-13H2,1-3H3,(H,21,23). The molecule has 138 valence electrons. The van der Waals surface area contributed by atoms with Gasteiger partial charge >= 0.3 is 6.03 Å². The predicted molar refractivity (Wildman–Crippen MR) is 99.9 cm³/mol. The zero-order chi connectivity index (χ0) is 18.5. The number of hydrogen-bond donors (Lipinski definition) is 1. The molecule has 2 aromatic rings. The molecule has 0 bridgehead atoms. The molecule has 0 radical (unpaired) electrons. The Labute approximate surface area is 153 Å². The third-order valence-electron chi connectivity index (χ3n) is 4.51. The molecule has 0 saturated carbocycles. The first-order valence-corrected chi connectivity index (χ1v) is 8.54. The molecule has 1 N–H and O–H groups in total. The second kappa shape index (κ2) is 8.10. The number of para-hydroxylation sites is 1. The van der Waals surface area contributed by atoms with Crippen molar-refractivity contribution in [2.45, 2.75) is 19.1 Å². The zero-order valence-corrected chi connectivity index (χ0v) is 15.3. The van der Waals surface area contributed by atoms with Crippen molar-refractivity contribution in [1.29, 1.82) is 0 Å². The number of fused-ring (bicyclic) bond motifs is 1. The minimum atomic E-state index is -0.223. The summed E-state index contributed by atoms with van der Waals surface area (Å²) in [5.74, 6) is 1.07. The molecule has 2 amide bonds. The largest absolute Gasteiger partial charge is 0.493 e. The second-order valence-electron chi connectivity index (χ2n) is 6.26. The average Bonchev–Trinajstić information content (AvgIpc) is 2.67. The van der Waals surface area contributed by atoms with Crippen LogP contribution in [-0.4, -0.2) is 44.8 Å². The summed E-state index contributed by atoms with van der Waals surface area (Å²) < 4.78 is 16.5. The SMILES string of the molecule is COc1cccc(NC(=O)N(C)CC2Cc3ccccc3CO2)c1OC. The number of rotatable bonds is 5. The predicted octanol–water partition coefficient (Wildman–Crippen LogP) is 3.31. The lowest BCUT2D eigenvalue weighted by molar-refractivity contribution is 0.0159. The van der Waals surface area contributed by atoms with Gasteiger partial charge in [0, 0.05) is 20.0 Å². The molecule has 6 nitrogen and oxygen atoms in total. The van der Waals surface area contributed by atoms with Crippen LogP contribution in [0.2, 0.25) is 0 Å². The number of urea groups is 1. The van der Waals surface area contributed by atoms with Gasteiger partial charge in [-0.3, -0.25) is 0 Å². The molecule has 1 atom stereocenters. The Kier molecular flexibility index (Phi) is 5.63. The number of nitrogens with zero attached hydrogens (tertiary/aromatic N) is 1. The van der Waals surface area contributed by atoms with Gasteiger partial charge < -0.3 is 24.4 Å². The molecule has 0 aliphatic carbocycles. The van der Waals surface area contributed by atoms with E-state index in [2.05, 4.69) is 17.4 Å². The quantitative estimate of drug-likeness (QED) is 0.893. The minimum Gasteiger partial charge on any atom is -0.493 e. The summed E-state index contributed by atoms with van der Waals surface area (Å²) in [4.78, 5) is 14.2. The van der Waals surface area contributed by atoms with Crippen LogP contribution < -0.4 is 14.8 Å². The second-order valence-corrected chi connectivity index (χ2v) is 6.26. The monoisotopic (exact) mass is 356 g/mol. The van der Waals surface area contributed by atoms with Crippen molar-refractivity contribution in [3.8, 4) is 11.5 Å². The molecule has 2 aromatic carbocycles. The Morgan fingerprint density at radius 2 is 1.92 bits per heavy atom. The van der Waals surface area contributed by atoms with Crippen molar-refractivity contribution in [2.24, 2.45) is 0 Å². The molecule has 0 fully saturated rings. The molecule has 0 saturated heterocycles. The molecule has 1 unspecified atom stereocenters. The molecule has 0 aromatic heterocycles. The number of ether oxygens (including phenoxy) is 3. The van der Waals surface area contributed by atoms with Crippen LogP contribution in [0.5, 0.6) is 11.5 Å². The smallest absolute Gasteiger partial charge is 0.321 e. The van der Waals surface area contributed by atoms with Crippen LogP contribution >= 0.6 is 0 Å². The van der Waals surface area contributed by atoms with Crippen LogP contribution in [0.4, 0.5) is 10.5 Å². The third kappa shape index (κ3) is 3.91. The van der Waals surface area contributed by atoms with Crippen molar-refractivity contribution in [3.05, 3.63) is 53.6 Å². The van der Waals surface area contributed by atoms with Crippen molar-refractivity contribution >= 4 is 11.7 Å². The van der Waals surface area contributed by atoms with Gasteiger partial charge in [-0.2, -0.15) is 0 Å². The van der Waals surface area contributed by atoms with E-state index in [1.54, 1.807) is 44.4 Å². The highest BCUT2D eigenvalue weighted by Gasteiger charge is 2.22. The maximum atomic E-state index is 12.6. The summed E-state index contributed by atoms with van der Waals surface area (Å²) in [6, 6.07) is 13.4. The van der Waals surface area contributed by atoms with E-state index in [-0.39, 0.29) is 12.1 Å². The summed E-state index contributed by atoms with van der Waals surface area (Å²) in [7, 11) is 4.87. The van der Waals surface area contributed by atoms with Crippen LogP contribution in [0.15, 0.2) is 42.5 Å². The van der Waals surface area contributed by atoms with Crippen molar-refractivity contribution in [3.63, 3.8) is 0 Å². The highest BCUT2D eigenvalue weighted by atomic mass is 16.5. The van der Waals surface area contributed by atoms with Crippen LogP contribution in [0, 0.1) is 0 Å². The molecule has 6 heteroatoms. The first kappa shape index (κ1) is 18.1. The number of anilines is 1. The molecule has 1 heterocycles. The number of hydrogen-bond acceptors (Lipinski definition) is 4. The highest BCUT2D eigenvalue weighted by Crippen LogP contribution is 2.34. The first-order chi connectivity index (χ1) is 12.6. The molecular weight excluding hydrogens is 332 g/mol. The van der Waals surface area contributed by atoms with Gasteiger partial charge in [0.05, 0.1) is 32.6 Å². The van der Waals surface area contributed by atoms with Gasteiger partial charge in [0.25, 0.3) is 0 Å². The van der Waals surface area contributed by atoms with Crippen molar-refractivity contribution in [2.75, 3.05) is 33.1 Å². The average molecular weight is 356 g/mol. The van der Waals surface area contributed by atoms with Crippen molar-refractivity contribution in [1.82, 2.24) is 4.90 Å². The number of amides is 2. The highest BCUT2D eigenvalue weighted by molar-refractivity contribution is 5.91. The number of likely N-dealkylation sites (N-methyl/N-ethyl adjacent to an activating group) is 1. The van der Waals surface area contributed by atoms with Crippen LogP contribution in [0.25, 0.3) is 0 Å². The van der Waals surface area contributed by atoms with E-state index in [1.165, 1.54) is 11.1 Å². The Bertz CT molecular complexity index is 778. The van der Waals surface area contributed by atoms with E-state index >= 15 is 0 Å². The summed E-state index contributed by atoms with van der Waals surface area (Å²) >= 11 is 0. The topological polar surface area (TPSA) is 60.0 Å². The maximum absolute atomic E-state index is 12.6. The molecule has 1 aliphatic rings. The molecular formula is C20H24N2O4. The first-order valence-electron chi connectivity index (χ1n) is 8.54. The number of carbonyl (C=O) groups is 1. The van der Waals surface area contributed by atoms with Crippen LogP contribution in [-0.2, 0) is 17.8 Å². The van der Waals surface area contributed by atoms with E-state index < -0.39 is 0 Å². The van der Waals surface area contributed by atoms with Crippen LogP contribution in [0.1, 0.15) is 11.1 Å². The Morgan fingerprint density at radius 1 is 1.15 bits per heavy atom. The van der Waals surface area contributed by atoms with E-state index in [1.807, 2.05) is 12.1 Å². The minimum absolute atomic E-state index is 0.0205. The normalized spacial score (nSPS) is 15.7. The molecule has 3 rings (SSSR count). The van der Waals surface area contributed by atoms with Gasteiger partial charge in [-0.15, -0.1) is 0 Å². The summed E-state index contributed by atoms with van der Waals surface area (Å²) in [5, 5.41) is 2.87. The van der Waals surface area contributed by atoms with Crippen LogP contribution in [0.3, 0.4) is 0 Å². The van der Waals surface area contributed by atoms with E-state index in [0.717, 1.165) is 6.42 Å². The van der Waals surface area contributed by atoms with Crippen molar-refractivity contribution < 1.29 is 19.0 Å². The van der Waals surface area contributed by atoms with Gasteiger partial charge in [0.15, 0.2) is 11.5 Å². The zero-order valence-electron chi connectivity index (χ0n) is 15.3. The van der Waals surface area contributed by atoms with Gasteiger partial charge in [-0.05, 0) is 23.3 Å². The summed E-state index contributed by atoms with van der Waals surface area (Å²) in [6.45, 7) is 1.09. The number of methoxy groups -OCH3 is 2. The van der Waals surface area contributed by atoms with E-state index in [9.17, 15) is 4.79 Å². The van der Waals surface area contributed by atoms with Gasteiger partial charge in [0.1, 0.15) is 0 Å². The van der Waals surface area contributed by atoms with Gasteiger partial charge in [0.2, 0.25) is 0 Å². The lowest BCUT2D eigenvalue weighted by atomic mass is 9.99. The third-order valence-corrected chi connectivity index (χ3v) is 4.51. The van der Waals surface area contributed by atoms with Gasteiger partial charge in [-0.1, -0.05) is 30.3 Å². The maximum Gasteiger partial charge on any atom is 0.321 e. The number of benzene rings is 2. The van der Waals surface area contributed by atoms with E-state index in [0.29, 0.717) is 30.3 Å². The lowest BCUT2D eigenvalue weighted by Crippen LogP contribution is -2.40. The fourth-order valence-electron chi connectivity index (χ4n) is 3.11. The fourth-order valence-corrected chi connectivity index (χ4v) is 3.11. The Morgan fingerprint density at radius 3 is 2.65 bits per heavy atom. The Hall–Kier alpha value is -2.73. The summed E-state index contributed by atoms with van der Waals surface area (Å²) in [6.07, 6.45) is 0.781. The number of nitrogens with one attached hydrogen (secondary N) is 1. The Balaban J connectivity index is 1.62. The van der Waals surface area contributed by atoms with E-state index in [4.69, 9.17) is 14.2 Å². The molecule has 0 spiro atoms. The number of carbonyl (C=O) groups excluding carboxylic acids is 1. The lowest BCUT2D eigenvalue weighted by Gasteiger charge is -2.29.